The van der Waals surface area contributed by atoms with Gasteiger partial charge in [0.2, 0.25) is 10.6 Å². The number of halogens is 1. The van der Waals surface area contributed by atoms with Gasteiger partial charge in [-0.3, -0.25) is 9.59 Å². The first-order valence-corrected chi connectivity index (χ1v) is 11.2. The van der Waals surface area contributed by atoms with Crippen molar-refractivity contribution in [1.29, 1.82) is 0 Å². The first kappa shape index (κ1) is 20.3. The number of nitrogens with zero attached hydrogens (tertiary/aromatic N) is 3. The van der Waals surface area contributed by atoms with Gasteiger partial charge >= 0.3 is 0 Å². The second-order valence-electron chi connectivity index (χ2n) is 6.85. The summed E-state index contributed by atoms with van der Waals surface area (Å²) in [5, 5.41) is 6.41. The number of aromatic nitrogens is 1. The Bertz CT molecular complexity index is 1540. The van der Waals surface area contributed by atoms with Crippen molar-refractivity contribution in [3.63, 3.8) is 0 Å². The van der Waals surface area contributed by atoms with Gasteiger partial charge in [-0.05, 0) is 42.5 Å². The summed E-state index contributed by atoms with van der Waals surface area (Å²) in [6, 6.07) is 21.5. The third-order valence-corrected chi connectivity index (χ3v) is 6.24. The van der Waals surface area contributed by atoms with Crippen LogP contribution in [0.5, 0.6) is 0 Å². The zero-order valence-corrected chi connectivity index (χ0v) is 18.8. The number of anilines is 1. The van der Waals surface area contributed by atoms with Crippen LogP contribution in [0.15, 0.2) is 97.8 Å². The van der Waals surface area contributed by atoms with E-state index < -0.39 is 0 Å². The minimum Gasteiger partial charge on any atom is -0.463 e. The second kappa shape index (κ2) is 8.49. The predicted octanol–water partition coefficient (Wildman–Crippen LogP) is 5.85. The number of hydrogen-bond donors (Lipinski definition) is 0. The van der Waals surface area contributed by atoms with Gasteiger partial charge in [-0.25, -0.2) is 4.98 Å². The normalized spacial score (nSPS) is 11.4. The monoisotopic (exact) mass is 503 g/mol. The van der Waals surface area contributed by atoms with Gasteiger partial charge in [0.25, 0.3) is 5.91 Å². The SMILES string of the molecule is O=C(c1ccccc1)N(/N=C/c1coc2ccccc2c1=O)c1nc2ccc(Br)cc2s1. The topological polar surface area (TPSA) is 75.8 Å². The molecule has 8 heteroatoms. The van der Waals surface area contributed by atoms with Crippen LogP contribution in [0, 0.1) is 0 Å². The van der Waals surface area contributed by atoms with Crippen molar-refractivity contribution in [3.05, 3.63) is 105 Å². The van der Waals surface area contributed by atoms with Crippen molar-refractivity contribution in [2.24, 2.45) is 5.10 Å². The van der Waals surface area contributed by atoms with Gasteiger partial charge in [-0.15, -0.1) is 0 Å². The first-order valence-electron chi connectivity index (χ1n) is 9.60. The van der Waals surface area contributed by atoms with Crippen molar-refractivity contribution < 1.29 is 9.21 Å². The maximum Gasteiger partial charge on any atom is 0.280 e. The van der Waals surface area contributed by atoms with Crippen LogP contribution < -0.4 is 10.4 Å². The van der Waals surface area contributed by atoms with E-state index >= 15 is 0 Å². The molecule has 1 amide bonds. The van der Waals surface area contributed by atoms with Gasteiger partial charge in [0, 0.05) is 10.0 Å². The second-order valence-corrected chi connectivity index (χ2v) is 8.78. The fourth-order valence-corrected chi connectivity index (χ4v) is 4.64. The maximum absolute atomic E-state index is 13.3. The van der Waals surface area contributed by atoms with Gasteiger partial charge in [-0.1, -0.05) is 57.6 Å². The van der Waals surface area contributed by atoms with Crippen LogP contribution in [0.3, 0.4) is 0 Å². The number of thiazole rings is 1. The largest absolute Gasteiger partial charge is 0.463 e. The van der Waals surface area contributed by atoms with E-state index in [1.165, 1.54) is 28.8 Å². The third-order valence-electron chi connectivity index (χ3n) is 4.75. The number of rotatable bonds is 4. The lowest BCUT2D eigenvalue weighted by Crippen LogP contribution is -2.26. The molecule has 0 unspecified atom stereocenters. The first-order chi connectivity index (χ1) is 15.6. The van der Waals surface area contributed by atoms with Crippen molar-refractivity contribution in [2.75, 3.05) is 5.01 Å². The van der Waals surface area contributed by atoms with E-state index in [-0.39, 0.29) is 16.9 Å². The molecular weight excluding hydrogens is 490 g/mol. The highest BCUT2D eigenvalue weighted by atomic mass is 79.9. The zero-order valence-electron chi connectivity index (χ0n) is 16.4. The van der Waals surface area contributed by atoms with Crippen molar-refractivity contribution in [1.82, 2.24) is 4.98 Å². The molecule has 5 aromatic rings. The van der Waals surface area contributed by atoms with E-state index in [2.05, 4.69) is 26.0 Å². The predicted molar refractivity (Wildman–Crippen MR) is 131 cm³/mol. The fourth-order valence-electron chi connectivity index (χ4n) is 3.17. The Labute approximate surface area is 194 Å². The van der Waals surface area contributed by atoms with Crippen LogP contribution in [-0.4, -0.2) is 17.1 Å². The number of amides is 1. The molecule has 2 heterocycles. The van der Waals surface area contributed by atoms with Gasteiger partial charge < -0.3 is 4.42 Å². The molecule has 0 aliphatic rings. The lowest BCUT2D eigenvalue weighted by atomic mass is 10.2. The van der Waals surface area contributed by atoms with Gasteiger partial charge in [0.1, 0.15) is 11.8 Å². The highest BCUT2D eigenvalue weighted by molar-refractivity contribution is 9.10. The third kappa shape index (κ3) is 3.86. The Morgan fingerprint density at radius 2 is 1.84 bits per heavy atom. The molecule has 0 bridgehead atoms. The summed E-state index contributed by atoms with van der Waals surface area (Å²) in [4.78, 5) is 30.7. The Hall–Kier alpha value is -3.62. The van der Waals surface area contributed by atoms with Gasteiger partial charge in [0.15, 0.2) is 0 Å². The zero-order chi connectivity index (χ0) is 22.1. The summed E-state index contributed by atoms with van der Waals surface area (Å²) in [5.41, 5.74) is 1.70. The van der Waals surface area contributed by atoms with E-state index in [1.54, 1.807) is 48.5 Å². The molecule has 3 aromatic carbocycles. The van der Waals surface area contributed by atoms with Crippen LogP contribution in [0.25, 0.3) is 21.2 Å². The number of hydrazone groups is 1. The molecule has 6 nitrogen and oxygen atoms in total. The summed E-state index contributed by atoms with van der Waals surface area (Å²) in [6.07, 6.45) is 2.68. The Kier molecular flexibility index (Phi) is 5.38. The summed E-state index contributed by atoms with van der Waals surface area (Å²) in [6.45, 7) is 0. The molecule has 0 saturated heterocycles. The average molecular weight is 504 g/mol. The van der Waals surface area contributed by atoms with Crippen LogP contribution in [0.2, 0.25) is 0 Å². The van der Waals surface area contributed by atoms with E-state index in [0.717, 1.165) is 14.7 Å². The fraction of sp³-hybridized carbons (Fsp3) is 0. The molecule has 0 radical (unpaired) electrons. The number of para-hydroxylation sites is 1. The number of fused-ring (bicyclic) bond motifs is 2. The lowest BCUT2D eigenvalue weighted by Gasteiger charge is -2.13. The van der Waals surface area contributed by atoms with Crippen molar-refractivity contribution in [3.8, 4) is 0 Å². The Morgan fingerprint density at radius 3 is 2.69 bits per heavy atom. The number of benzene rings is 3. The molecule has 0 spiro atoms. The number of hydrogen-bond acceptors (Lipinski definition) is 6. The minimum atomic E-state index is -0.356. The van der Waals surface area contributed by atoms with E-state index in [4.69, 9.17) is 4.42 Å². The van der Waals surface area contributed by atoms with Crippen molar-refractivity contribution >= 4 is 65.7 Å². The molecule has 2 aromatic heterocycles. The molecule has 32 heavy (non-hydrogen) atoms. The summed E-state index contributed by atoms with van der Waals surface area (Å²) >= 11 is 4.79. The van der Waals surface area contributed by atoms with Crippen LogP contribution >= 0.6 is 27.3 Å². The van der Waals surface area contributed by atoms with Crippen LogP contribution in [-0.2, 0) is 0 Å². The summed E-state index contributed by atoms with van der Waals surface area (Å²) < 4.78 is 7.37. The smallest absolute Gasteiger partial charge is 0.280 e. The number of carbonyl (C=O) groups is 1. The van der Waals surface area contributed by atoms with Crippen molar-refractivity contribution in [2.45, 2.75) is 0 Å². The molecule has 156 valence electrons. The molecule has 0 N–H and O–H groups in total. The van der Waals surface area contributed by atoms with Crippen LogP contribution in [0.4, 0.5) is 5.13 Å². The Balaban J connectivity index is 1.60. The number of carbonyl (C=O) groups excluding carboxylic acids is 1. The molecule has 0 atom stereocenters. The standard InChI is InChI=1S/C24H14BrN3O3S/c25-17-10-11-19-21(12-17)32-24(27-19)28(23(30)15-6-2-1-3-7-15)26-13-16-14-31-20-9-5-4-8-18(20)22(16)29/h1-14H/b26-13+. The van der Waals surface area contributed by atoms with Gasteiger partial charge in [-0.2, -0.15) is 10.1 Å². The molecular formula is C24H14BrN3O3S. The van der Waals surface area contributed by atoms with E-state index in [1.807, 2.05) is 24.3 Å². The molecule has 0 aliphatic heterocycles. The molecule has 0 aliphatic carbocycles. The molecule has 0 fully saturated rings. The average Bonchev–Trinajstić information content (AvgIpc) is 3.24. The quantitative estimate of drug-likeness (QED) is 0.228. The molecule has 5 rings (SSSR count). The van der Waals surface area contributed by atoms with Gasteiger partial charge in [0.05, 0.1) is 27.4 Å². The van der Waals surface area contributed by atoms with E-state index in [9.17, 15) is 9.59 Å². The maximum atomic E-state index is 13.3. The molecule has 0 saturated carbocycles. The lowest BCUT2D eigenvalue weighted by molar-refractivity contribution is 0.0988. The highest BCUT2D eigenvalue weighted by Gasteiger charge is 2.21. The Morgan fingerprint density at radius 1 is 1.06 bits per heavy atom. The summed E-state index contributed by atoms with van der Waals surface area (Å²) in [7, 11) is 0. The van der Waals surface area contributed by atoms with Crippen LogP contribution in [0.1, 0.15) is 15.9 Å². The highest BCUT2D eigenvalue weighted by Crippen LogP contribution is 2.31. The van der Waals surface area contributed by atoms with E-state index in [0.29, 0.717) is 21.7 Å². The summed E-state index contributed by atoms with van der Waals surface area (Å²) in [5.74, 6) is -0.356. The minimum absolute atomic E-state index is 0.226.